The van der Waals surface area contributed by atoms with Gasteiger partial charge in [0.15, 0.2) is 0 Å². The van der Waals surface area contributed by atoms with Crippen LogP contribution in [-0.4, -0.2) is 32.8 Å². The molecule has 2 rings (SSSR count). The molecule has 23 heavy (non-hydrogen) atoms. The van der Waals surface area contributed by atoms with Crippen LogP contribution in [0.2, 0.25) is 0 Å². The zero-order valence-electron chi connectivity index (χ0n) is 13.4. The Kier molecular flexibility index (Phi) is 5.20. The van der Waals surface area contributed by atoms with Gasteiger partial charge in [-0.1, -0.05) is 13.8 Å². The first-order valence-corrected chi connectivity index (χ1v) is 7.56. The van der Waals surface area contributed by atoms with Gasteiger partial charge in [-0.15, -0.1) is 0 Å². The molecule has 0 radical (unpaired) electrons. The van der Waals surface area contributed by atoms with Gasteiger partial charge in [-0.05, 0) is 31.0 Å². The number of carboxylic acid groups (broad SMARTS) is 1. The van der Waals surface area contributed by atoms with E-state index in [0.717, 1.165) is 5.69 Å². The number of carboxylic acids is 1. The van der Waals surface area contributed by atoms with Crippen LogP contribution in [0.5, 0.6) is 0 Å². The Hall–Kier alpha value is -2.57. The van der Waals surface area contributed by atoms with E-state index in [1.54, 1.807) is 22.9 Å². The monoisotopic (exact) mass is 319 g/mol. The second-order valence-corrected chi connectivity index (χ2v) is 5.57. The van der Waals surface area contributed by atoms with Gasteiger partial charge in [-0.2, -0.15) is 5.10 Å². The maximum Gasteiger partial charge on any atom is 0.326 e. The zero-order chi connectivity index (χ0) is 17.0. The molecule has 0 aliphatic rings. The summed E-state index contributed by atoms with van der Waals surface area (Å²) in [7, 11) is 0. The van der Waals surface area contributed by atoms with Gasteiger partial charge in [0.2, 0.25) is 0 Å². The number of aryl methyl sites for hydroxylation is 1. The number of nitrogens with one attached hydrogen (secondary N) is 1. The third-order valence-corrected chi connectivity index (χ3v) is 3.51. The van der Waals surface area contributed by atoms with E-state index >= 15 is 0 Å². The second-order valence-electron chi connectivity index (χ2n) is 5.57. The highest BCUT2D eigenvalue weighted by Crippen LogP contribution is 2.15. The fourth-order valence-electron chi connectivity index (χ4n) is 2.20. The SMILES string of the molecule is CCn1nc(C(C)C)cc1C(=O)NC(Cc1ccco1)C(=O)O. The molecule has 1 atom stereocenters. The molecule has 0 bridgehead atoms. The minimum absolute atomic E-state index is 0.0887. The van der Waals surface area contributed by atoms with Crippen molar-refractivity contribution in [1.82, 2.24) is 15.1 Å². The summed E-state index contributed by atoms with van der Waals surface area (Å²) in [6.07, 6.45) is 1.56. The molecule has 0 spiro atoms. The van der Waals surface area contributed by atoms with Gasteiger partial charge in [0, 0.05) is 13.0 Å². The lowest BCUT2D eigenvalue weighted by Gasteiger charge is -2.13. The number of hydrogen-bond donors (Lipinski definition) is 2. The number of nitrogens with zero attached hydrogens (tertiary/aromatic N) is 2. The lowest BCUT2D eigenvalue weighted by molar-refractivity contribution is -0.139. The van der Waals surface area contributed by atoms with E-state index in [1.807, 2.05) is 20.8 Å². The number of amides is 1. The Morgan fingerprint density at radius 3 is 2.70 bits per heavy atom. The van der Waals surface area contributed by atoms with Gasteiger partial charge in [0.05, 0.1) is 12.0 Å². The first-order chi connectivity index (χ1) is 10.9. The summed E-state index contributed by atoms with van der Waals surface area (Å²) in [5, 5.41) is 16.2. The zero-order valence-corrected chi connectivity index (χ0v) is 13.4. The normalized spacial score (nSPS) is 12.3. The topological polar surface area (TPSA) is 97.4 Å². The smallest absolute Gasteiger partial charge is 0.326 e. The first-order valence-electron chi connectivity index (χ1n) is 7.56. The molecule has 0 aliphatic carbocycles. The van der Waals surface area contributed by atoms with Crippen LogP contribution in [0.3, 0.4) is 0 Å². The lowest BCUT2D eigenvalue weighted by atomic mass is 10.1. The quantitative estimate of drug-likeness (QED) is 0.814. The average Bonchev–Trinajstić information content (AvgIpc) is 3.15. The van der Waals surface area contributed by atoms with Gasteiger partial charge in [-0.3, -0.25) is 9.48 Å². The van der Waals surface area contributed by atoms with Gasteiger partial charge < -0.3 is 14.8 Å². The minimum Gasteiger partial charge on any atom is -0.480 e. The molecule has 0 fully saturated rings. The summed E-state index contributed by atoms with van der Waals surface area (Å²) < 4.78 is 6.73. The van der Waals surface area contributed by atoms with Crippen molar-refractivity contribution in [3.8, 4) is 0 Å². The van der Waals surface area contributed by atoms with Crippen LogP contribution in [0.4, 0.5) is 0 Å². The summed E-state index contributed by atoms with van der Waals surface area (Å²) in [6, 6.07) is 4.00. The Bertz CT molecular complexity index is 674. The number of carbonyl (C=O) groups is 2. The van der Waals surface area contributed by atoms with Crippen molar-refractivity contribution in [3.63, 3.8) is 0 Å². The van der Waals surface area contributed by atoms with E-state index in [-0.39, 0.29) is 12.3 Å². The van der Waals surface area contributed by atoms with Crippen LogP contribution in [0.25, 0.3) is 0 Å². The van der Waals surface area contributed by atoms with Crippen LogP contribution in [0.1, 0.15) is 48.6 Å². The Balaban J connectivity index is 2.16. The van der Waals surface area contributed by atoms with Crippen molar-refractivity contribution in [2.75, 3.05) is 0 Å². The van der Waals surface area contributed by atoms with E-state index in [9.17, 15) is 14.7 Å². The van der Waals surface area contributed by atoms with Gasteiger partial charge >= 0.3 is 5.97 Å². The Morgan fingerprint density at radius 1 is 1.43 bits per heavy atom. The average molecular weight is 319 g/mol. The molecular formula is C16H21N3O4. The highest BCUT2D eigenvalue weighted by molar-refractivity contribution is 5.95. The standard InChI is InChI=1S/C16H21N3O4/c1-4-19-14(9-12(18-19)10(2)3)15(20)17-13(16(21)22)8-11-6-5-7-23-11/h5-7,9-10,13H,4,8H2,1-3H3,(H,17,20)(H,21,22). The van der Waals surface area contributed by atoms with Crippen LogP contribution < -0.4 is 5.32 Å². The van der Waals surface area contributed by atoms with Crippen LogP contribution >= 0.6 is 0 Å². The largest absolute Gasteiger partial charge is 0.480 e. The maximum atomic E-state index is 12.4. The number of furan rings is 1. The van der Waals surface area contributed by atoms with Crippen LogP contribution in [-0.2, 0) is 17.8 Å². The predicted octanol–water partition coefficient (Wildman–Crippen LogP) is 2.05. The molecule has 2 heterocycles. The number of aliphatic carboxylic acids is 1. The van der Waals surface area contributed by atoms with E-state index in [4.69, 9.17) is 4.42 Å². The van der Waals surface area contributed by atoms with Gasteiger partial charge in [-0.25, -0.2) is 4.79 Å². The summed E-state index contributed by atoms with van der Waals surface area (Å²) in [6.45, 7) is 6.39. The highest BCUT2D eigenvalue weighted by Gasteiger charge is 2.24. The molecule has 1 amide bonds. The molecule has 1 unspecified atom stereocenters. The molecule has 2 aromatic heterocycles. The molecule has 0 aromatic carbocycles. The molecule has 0 aliphatic heterocycles. The summed E-state index contributed by atoms with van der Waals surface area (Å²) >= 11 is 0. The Labute approximate surface area is 134 Å². The summed E-state index contributed by atoms with van der Waals surface area (Å²) in [4.78, 5) is 23.8. The number of carbonyl (C=O) groups excluding carboxylic acids is 1. The van der Waals surface area contributed by atoms with Crippen molar-refractivity contribution in [2.24, 2.45) is 0 Å². The molecule has 0 saturated carbocycles. The van der Waals surface area contributed by atoms with E-state index < -0.39 is 17.9 Å². The lowest BCUT2D eigenvalue weighted by Crippen LogP contribution is -2.43. The van der Waals surface area contributed by atoms with Crippen molar-refractivity contribution in [1.29, 1.82) is 0 Å². The third kappa shape index (κ3) is 4.00. The van der Waals surface area contributed by atoms with Crippen molar-refractivity contribution in [3.05, 3.63) is 41.6 Å². The van der Waals surface area contributed by atoms with E-state index in [1.165, 1.54) is 6.26 Å². The van der Waals surface area contributed by atoms with Crippen LogP contribution in [0.15, 0.2) is 28.9 Å². The van der Waals surface area contributed by atoms with Gasteiger partial charge in [0.25, 0.3) is 5.91 Å². The molecular weight excluding hydrogens is 298 g/mol. The van der Waals surface area contributed by atoms with Crippen LogP contribution in [0, 0.1) is 0 Å². The minimum atomic E-state index is -1.11. The van der Waals surface area contributed by atoms with Crippen molar-refractivity contribution < 1.29 is 19.1 Å². The molecule has 7 nitrogen and oxygen atoms in total. The molecule has 2 aromatic rings. The Morgan fingerprint density at radius 2 is 2.17 bits per heavy atom. The predicted molar refractivity (Wildman–Crippen MR) is 83.3 cm³/mol. The summed E-state index contributed by atoms with van der Waals surface area (Å²) in [5.41, 5.74) is 1.16. The molecule has 2 N–H and O–H groups in total. The third-order valence-electron chi connectivity index (χ3n) is 3.51. The molecule has 0 saturated heterocycles. The maximum absolute atomic E-state index is 12.4. The highest BCUT2D eigenvalue weighted by atomic mass is 16.4. The van der Waals surface area contributed by atoms with Crippen molar-refractivity contribution in [2.45, 2.75) is 45.7 Å². The number of aromatic nitrogens is 2. The number of rotatable bonds is 7. The van der Waals surface area contributed by atoms with E-state index in [0.29, 0.717) is 18.0 Å². The summed E-state index contributed by atoms with van der Waals surface area (Å²) in [5.74, 6) is -0.871. The first kappa shape index (κ1) is 16.8. The van der Waals surface area contributed by atoms with Crippen molar-refractivity contribution >= 4 is 11.9 Å². The molecule has 124 valence electrons. The molecule has 7 heteroatoms. The van der Waals surface area contributed by atoms with E-state index in [2.05, 4.69) is 10.4 Å². The fourth-order valence-corrected chi connectivity index (χ4v) is 2.20. The second kappa shape index (κ2) is 7.13. The van der Waals surface area contributed by atoms with Gasteiger partial charge in [0.1, 0.15) is 17.5 Å². The number of hydrogen-bond acceptors (Lipinski definition) is 4. The fraction of sp³-hybridized carbons (Fsp3) is 0.438.